The van der Waals surface area contributed by atoms with Gasteiger partial charge in [0.25, 0.3) is 5.91 Å². The first-order valence-corrected chi connectivity index (χ1v) is 10.0. The van der Waals surface area contributed by atoms with Crippen molar-refractivity contribution in [1.29, 1.82) is 0 Å². The Kier molecular flexibility index (Phi) is 5.69. The van der Waals surface area contributed by atoms with E-state index in [-0.39, 0.29) is 23.8 Å². The third-order valence-corrected chi connectivity index (χ3v) is 6.35. The monoisotopic (exact) mass is 356 g/mol. The quantitative estimate of drug-likeness (QED) is 0.817. The zero-order valence-corrected chi connectivity index (χ0v) is 16.4. The van der Waals surface area contributed by atoms with E-state index in [4.69, 9.17) is 0 Å². The number of aryl methyl sites for hydroxylation is 1. The highest BCUT2D eigenvalue weighted by molar-refractivity contribution is 5.97. The Hall–Kier alpha value is -1.84. The van der Waals surface area contributed by atoms with Gasteiger partial charge in [-0.3, -0.25) is 9.59 Å². The maximum absolute atomic E-state index is 12.9. The molecule has 0 spiro atoms. The molecular weight excluding hydrogens is 324 g/mol. The Morgan fingerprint density at radius 3 is 2.23 bits per heavy atom. The van der Waals surface area contributed by atoms with E-state index in [0.717, 1.165) is 17.4 Å². The molecule has 2 saturated carbocycles. The van der Waals surface area contributed by atoms with E-state index < -0.39 is 6.04 Å². The minimum atomic E-state index is -0.509. The molecule has 1 aromatic rings. The van der Waals surface area contributed by atoms with E-state index in [1.807, 2.05) is 32.9 Å². The van der Waals surface area contributed by atoms with Crippen LogP contribution in [0.4, 0.5) is 0 Å². The first-order chi connectivity index (χ1) is 12.3. The second kappa shape index (κ2) is 7.81. The summed E-state index contributed by atoms with van der Waals surface area (Å²) in [7, 11) is 0. The molecule has 0 unspecified atom stereocenters. The van der Waals surface area contributed by atoms with Crippen LogP contribution >= 0.6 is 0 Å². The molecule has 0 radical (unpaired) electrons. The average Bonchev–Trinajstić information content (AvgIpc) is 3.23. The summed E-state index contributed by atoms with van der Waals surface area (Å²) in [5, 5.41) is 6.13. The second-order valence-corrected chi connectivity index (χ2v) is 8.70. The molecule has 4 nitrogen and oxygen atoms in total. The lowest BCUT2D eigenvalue weighted by molar-refractivity contribution is -0.125. The highest BCUT2D eigenvalue weighted by atomic mass is 16.2. The number of hydrogen-bond acceptors (Lipinski definition) is 2. The number of benzene rings is 1. The van der Waals surface area contributed by atoms with Crippen LogP contribution in [0.5, 0.6) is 0 Å². The summed E-state index contributed by atoms with van der Waals surface area (Å²) < 4.78 is 0. The Labute approximate surface area is 157 Å². The maximum Gasteiger partial charge on any atom is 0.251 e. The van der Waals surface area contributed by atoms with Crippen molar-refractivity contribution in [1.82, 2.24) is 10.6 Å². The molecule has 2 aliphatic rings. The van der Waals surface area contributed by atoms with Crippen LogP contribution in [0, 0.1) is 30.6 Å². The van der Waals surface area contributed by atoms with Crippen LogP contribution < -0.4 is 10.6 Å². The number of nitrogens with one attached hydrogen (secondary N) is 2. The number of fused-ring (bicyclic) bond motifs is 2. The minimum absolute atomic E-state index is 0.0385. The standard InChI is InChI=1S/C22H32N2O2/c1-13(2)20(24-21(25)17-8-5-14(3)6-9-17)22(26)23-15(4)19-12-16-7-10-18(19)11-16/h5-6,8-9,13,15-16,18-20H,7,10-12H2,1-4H3,(H,23,26)(H,24,25)/t15-,16-,18-,19+,20-/m0/s1. The molecule has 2 bridgehead atoms. The summed E-state index contributed by atoms with van der Waals surface area (Å²) >= 11 is 0. The molecule has 26 heavy (non-hydrogen) atoms. The number of carbonyl (C=O) groups excluding carboxylic acids is 2. The highest BCUT2D eigenvalue weighted by Gasteiger charge is 2.42. The fourth-order valence-electron chi connectivity index (χ4n) is 4.79. The number of rotatable bonds is 6. The summed E-state index contributed by atoms with van der Waals surface area (Å²) in [4.78, 5) is 25.4. The van der Waals surface area contributed by atoms with E-state index in [9.17, 15) is 9.59 Å². The topological polar surface area (TPSA) is 58.2 Å². The van der Waals surface area contributed by atoms with Crippen LogP contribution in [0.1, 0.15) is 62.4 Å². The van der Waals surface area contributed by atoms with Crippen molar-refractivity contribution in [3.05, 3.63) is 35.4 Å². The van der Waals surface area contributed by atoms with Gasteiger partial charge in [0, 0.05) is 11.6 Å². The van der Waals surface area contributed by atoms with Crippen LogP contribution in [-0.4, -0.2) is 23.9 Å². The molecule has 142 valence electrons. The van der Waals surface area contributed by atoms with Gasteiger partial charge >= 0.3 is 0 Å². The van der Waals surface area contributed by atoms with Crippen LogP contribution in [0.25, 0.3) is 0 Å². The smallest absolute Gasteiger partial charge is 0.251 e. The van der Waals surface area contributed by atoms with Crippen molar-refractivity contribution in [3.63, 3.8) is 0 Å². The molecule has 2 aliphatic carbocycles. The van der Waals surface area contributed by atoms with Gasteiger partial charge in [-0.1, -0.05) is 38.0 Å². The number of hydrogen-bond donors (Lipinski definition) is 2. The predicted molar refractivity (Wildman–Crippen MR) is 104 cm³/mol. The molecule has 4 heteroatoms. The zero-order chi connectivity index (χ0) is 18.8. The highest BCUT2D eigenvalue weighted by Crippen LogP contribution is 2.49. The van der Waals surface area contributed by atoms with Crippen LogP contribution in [0.3, 0.4) is 0 Å². The van der Waals surface area contributed by atoms with Gasteiger partial charge in [-0.2, -0.15) is 0 Å². The lowest BCUT2D eigenvalue weighted by Gasteiger charge is -2.31. The Bertz CT molecular complexity index is 653. The summed E-state index contributed by atoms with van der Waals surface area (Å²) in [6.07, 6.45) is 5.26. The van der Waals surface area contributed by atoms with E-state index in [1.165, 1.54) is 25.7 Å². The minimum Gasteiger partial charge on any atom is -0.352 e. The van der Waals surface area contributed by atoms with Gasteiger partial charge in [0.1, 0.15) is 6.04 Å². The van der Waals surface area contributed by atoms with E-state index in [1.54, 1.807) is 12.1 Å². The van der Waals surface area contributed by atoms with E-state index in [0.29, 0.717) is 11.5 Å². The lowest BCUT2D eigenvalue weighted by atomic mass is 9.84. The predicted octanol–water partition coefficient (Wildman–Crippen LogP) is 3.69. The molecule has 5 atom stereocenters. The molecule has 0 heterocycles. The Morgan fingerprint density at radius 1 is 1.00 bits per heavy atom. The van der Waals surface area contributed by atoms with Crippen molar-refractivity contribution in [3.8, 4) is 0 Å². The third-order valence-electron chi connectivity index (χ3n) is 6.35. The first-order valence-electron chi connectivity index (χ1n) is 10.0. The lowest BCUT2D eigenvalue weighted by Crippen LogP contribution is -2.53. The number of carbonyl (C=O) groups is 2. The normalized spacial score (nSPS) is 26.6. The average molecular weight is 357 g/mol. The molecular formula is C22H32N2O2. The fourth-order valence-corrected chi connectivity index (χ4v) is 4.79. The summed E-state index contributed by atoms with van der Waals surface area (Å²) in [6, 6.07) is 7.10. The molecule has 0 saturated heterocycles. The molecule has 2 N–H and O–H groups in total. The molecule has 2 fully saturated rings. The van der Waals surface area contributed by atoms with Crippen molar-refractivity contribution in [2.75, 3.05) is 0 Å². The van der Waals surface area contributed by atoms with Crippen LogP contribution in [-0.2, 0) is 4.79 Å². The molecule has 3 rings (SSSR count). The van der Waals surface area contributed by atoms with Gasteiger partial charge in [-0.05, 0) is 68.9 Å². The molecule has 0 aliphatic heterocycles. The largest absolute Gasteiger partial charge is 0.352 e. The molecule has 1 aromatic carbocycles. The summed E-state index contributed by atoms with van der Waals surface area (Å²) in [5.74, 6) is 2.03. The first kappa shape index (κ1) is 18.9. The van der Waals surface area contributed by atoms with E-state index >= 15 is 0 Å². The van der Waals surface area contributed by atoms with Crippen molar-refractivity contribution in [2.45, 2.75) is 65.5 Å². The second-order valence-electron chi connectivity index (χ2n) is 8.70. The van der Waals surface area contributed by atoms with Gasteiger partial charge in [-0.15, -0.1) is 0 Å². The van der Waals surface area contributed by atoms with Gasteiger partial charge in [0.15, 0.2) is 0 Å². The van der Waals surface area contributed by atoms with Crippen molar-refractivity contribution >= 4 is 11.8 Å². The van der Waals surface area contributed by atoms with Gasteiger partial charge in [0.2, 0.25) is 5.91 Å². The third kappa shape index (κ3) is 4.11. The van der Waals surface area contributed by atoms with Crippen LogP contribution in [0.2, 0.25) is 0 Å². The Balaban J connectivity index is 1.60. The Morgan fingerprint density at radius 2 is 1.69 bits per heavy atom. The molecule has 2 amide bonds. The zero-order valence-electron chi connectivity index (χ0n) is 16.4. The summed E-state index contributed by atoms with van der Waals surface area (Å²) in [6.45, 7) is 8.06. The molecule has 0 aromatic heterocycles. The SMILES string of the molecule is Cc1ccc(C(=O)N[C@H](C(=O)N[C@@H](C)[C@H]2C[C@H]3CC[C@H]2C3)C(C)C)cc1. The maximum atomic E-state index is 12.9. The van der Waals surface area contributed by atoms with Crippen LogP contribution in [0.15, 0.2) is 24.3 Å². The summed E-state index contributed by atoms with van der Waals surface area (Å²) in [5.41, 5.74) is 1.70. The fraction of sp³-hybridized carbons (Fsp3) is 0.636. The van der Waals surface area contributed by atoms with E-state index in [2.05, 4.69) is 17.6 Å². The van der Waals surface area contributed by atoms with Gasteiger partial charge < -0.3 is 10.6 Å². The van der Waals surface area contributed by atoms with Gasteiger partial charge in [0.05, 0.1) is 0 Å². The van der Waals surface area contributed by atoms with Crippen molar-refractivity contribution < 1.29 is 9.59 Å². The van der Waals surface area contributed by atoms with Gasteiger partial charge in [-0.25, -0.2) is 0 Å². The van der Waals surface area contributed by atoms with Crippen molar-refractivity contribution in [2.24, 2.45) is 23.7 Å². The number of amides is 2.